The molecule has 2 saturated heterocycles. The molecule has 0 aromatic heterocycles. The molecule has 2 heterocycles. The zero-order chi connectivity index (χ0) is 16.8. The highest BCUT2D eigenvalue weighted by molar-refractivity contribution is 5.77. The summed E-state index contributed by atoms with van der Waals surface area (Å²) in [6.45, 7) is 6.97. The number of ether oxygens (including phenoxy) is 1. The zero-order valence-electron chi connectivity index (χ0n) is 14.7. The van der Waals surface area contributed by atoms with Crippen molar-refractivity contribution in [3.8, 4) is 5.75 Å². The Hall–Kier alpha value is -1.59. The first-order valence-electron chi connectivity index (χ1n) is 9.11. The third-order valence-corrected chi connectivity index (χ3v) is 4.97. The summed E-state index contributed by atoms with van der Waals surface area (Å²) in [6, 6.07) is 8.18. The predicted molar refractivity (Wildman–Crippen MR) is 95.1 cm³/mol. The van der Waals surface area contributed by atoms with E-state index in [1.807, 2.05) is 17.0 Å². The van der Waals surface area contributed by atoms with Gasteiger partial charge < -0.3 is 14.5 Å². The number of rotatable bonds is 5. The molecule has 0 saturated carbocycles. The van der Waals surface area contributed by atoms with Crippen LogP contribution in [0.15, 0.2) is 24.3 Å². The van der Waals surface area contributed by atoms with E-state index < -0.39 is 0 Å². The molecule has 1 aromatic rings. The Balaban J connectivity index is 1.48. The van der Waals surface area contributed by atoms with Gasteiger partial charge in [-0.25, -0.2) is 0 Å². The smallest absolute Gasteiger partial charge is 0.260 e. The van der Waals surface area contributed by atoms with Crippen LogP contribution in [0.2, 0.25) is 0 Å². The fraction of sp³-hybridized carbons (Fsp3) is 0.632. The summed E-state index contributed by atoms with van der Waals surface area (Å²) in [4.78, 5) is 18.9. The van der Waals surface area contributed by atoms with Gasteiger partial charge in [0.15, 0.2) is 6.61 Å². The molecule has 0 aliphatic carbocycles. The Morgan fingerprint density at radius 1 is 1.04 bits per heavy atom. The Bertz CT molecular complexity index is 535. The Labute approximate surface area is 145 Å². The molecule has 2 aliphatic heterocycles. The van der Waals surface area contributed by atoms with Crippen LogP contribution in [0.5, 0.6) is 5.75 Å². The van der Waals surface area contributed by atoms with E-state index in [9.17, 15) is 4.79 Å². The van der Waals surface area contributed by atoms with Crippen LogP contribution in [-0.4, -0.2) is 73.5 Å². The van der Waals surface area contributed by atoms with E-state index in [0.717, 1.165) is 38.5 Å². The molecule has 3 rings (SSSR count). The minimum Gasteiger partial charge on any atom is -0.484 e. The highest BCUT2D eigenvalue weighted by atomic mass is 16.5. The summed E-state index contributed by atoms with van der Waals surface area (Å²) in [6.07, 6.45) is 3.96. The summed E-state index contributed by atoms with van der Waals surface area (Å²) in [7, 11) is 2.09. The van der Waals surface area contributed by atoms with Crippen LogP contribution in [0.4, 0.5) is 0 Å². The van der Waals surface area contributed by atoms with Crippen molar-refractivity contribution < 1.29 is 9.53 Å². The van der Waals surface area contributed by atoms with E-state index in [0.29, 0.717) is 0 Å². The Morgan fingerprint density at radius 3 is 2.54 bits per heavy atom. The second kappa shape index (κ2) is 8.49. The number of carbonyl (C=O) groups is 1. The van der Waals surface area contributed by atoms with Gasteiger partial charge in [0.2, 0.25) is 0 Å². The van der Waals surface area contributed by atoms with Gasteiger partial charge in [-0.1, -0.05) is 18.6 Å². The highest BCUT2D eigenvalue weighted by Crippen LogP contribution is 2.17. The maximum absolute atomic E-state index is 12.3. The second-order valence-corrected chi connectivity index (χ2v) is 6.96. The number of hydrogen-bond donors (Lipinski definition) is 0. The van der Waals surface area contributed by atoms with Gasteiger partial charge in [-0.2, -0.15) is 0 Å². The lowest BCUT2D eigenvalue weighted by Gasteiger charge is -2.32. The first-order chi connectivity index (χ1) is 11.7. The molecule has 2 fully saturated rings. The molecule has 0 radical (unpaired) electrons. The van der Waals surface area contributed by atoms with Gasteiger partial charge in [-0.15, -0.1) is 0 Å². The maximum atomic E-state index is 12.3. The van der Waals surface area contributed by atoms with Crippen molar-refractivity contribution in [3.63, 3.8) is 0 Å². The molecule has 132 valence electrons. The first kappa shape index (κ1) is 17.2. The van der Waals surface area contributed by atoms with Crippen molar-refractivity contribution in [1.29, 1.82) is 0 Å². The lowest BCUT2D eigenvalue weighted by atomic mass is 10.1. The maximum Gasteiger partial charge on any atom is 0.260 e. The second-order valence-electron chi connectivity index (χ2n) is 6.96. The number of piperidine rings is 1. The fourth-order valence-electron chi connectivity index (χ4n) is 3.40. The molecule has 0 unspecified atom stereocenters. The van der Waals surface area contributed by atoms with Crippen LogP contribution in [0, 0.1) is 0 Å². The van der Waals surface area contributed by atoms with E-state index in [4.69, 9.17) is 4.74 Å². The SMILES string of the molecule is CN1CCN(C(=O)COc2cccc(CN3CCCCC3)c2)CC1. The number of piperazine rings is 1. The average molecular weight is 331 g/mol. The Kier molecular flexibility index (Phi) is 6.10. The van der Waals surface area contributed by atoms with E-state index in [1.54, 1.807) is 0 Å². The van der Waals surface area contributed by atoms with Gasteiger partial charge in [-0.05, 0) is 50.7 Å². The van der Waals surface area contributed by atoms with Gasteiger partial charge >= 0.3 is 0 Å². The predicted octanol–water partition coefficient (Wildman–Crippen LogP) is 1.83. The lowest BCUT2D eigenvalue weighted by molar-refractivity contribution is -0.134. The third-order valence-electron chi connectivity index (χ3n) is 4.97. The molecular weight excluding hydrogens is 302 g/mol. The van der Waals surface area contributed by atoms with Crippen LogP contribution >= 0.6 is 0 Å². The number of amides is 1. The standard InChI is InChI=1S/C19H29N3O2/c1-20-10-12-22(13-11-20)19(23)16-24-18-7-5-6-17(14-18)15-21-8-3-2-4-9-21/h5-7,14H,2-4,8-13,15-16H2,1H3. The third kappa shape index (κ3) is 4.95. The Morgan fingerprint density at radius 2 is 1.79 bits per heavy atom. The molecule has 5 nitrogen and oxygen atoms in total. The quantitative estimate of drug-likeness (QED) is 0.825. The van der Waals surface area contributed by atoms with Gasteiger partial charge in [0.1, 0.15) is 5.75 Å². The van der Waals surface area contributed by atoms with E-state index in [2.05, 4.69) is 29.0 Å². The largest absolute Gasteiger partial charge is 0.484 e. The molecule has 0 bridgehead atoms. The van der Waals surface area contributed by atoms with Crippen molar-refractivity contribution in [2.75, 3.05) is 52.9 Å². The summed E-state index contributed by atoms with van der Waals surface area (Å²) < 4.78 is 5.75. The van der Waals surface area contributed by atoms with Crippen molar-refractivity contribution in [1.82, 2.24) is 14.7 Å². The molecule has 24 heavy (non-hydrogen) atoms. The first-order valence-corrected chi connectivity index (χ1v) is 9.11. The summed E-state index contributed by atoms with van der Waals surface area (Å²) in [5, 5.41) is 0. The van der Waals surface area contributed by atoms with Crippen molar-refractivity contribution in [2.45, 2.75) is 25.8 Å². The molecule has 0 spiro atoms. The van der Waals surface area contributed by atoms with Gasteiger partial charge in [0.25, 0.3) is 5.91 Å². The number of likely N-dealkylation sites (N-methyl/N-ethyl adjacent to an activating group) is 1. The minimum absolute atomic E-state index is 0.0875. The van der Waals surface area contributed by atoms with Gasteiger partial charge in [0, 0.05) is 32.7 Å². The lowest BCUT2D eigenvalue weighted by Crippen LogP contribution is -2.48. The summed E-state index contributed by atoms with van der Waals surface area (Å²) in [5.41, 5.74) is 1.27. The van der Waals surface area contributed by atoms with Crippen LogP contribution < -0.4 is 4.74 Å². The number of hydrogen-bond acceptors (Lipinski definition) is 4. The van der Waals surface area contributed by atoms with E-state index in [-0.39, 0.29) is 12.5 Å². The van der Waals surface area contributed by atoms with Crippen molar-refractivity contribution >= 4 is 5.91 Å². The van der Waals surface area contributed by atoms with Crippen LogP contribution in [0.3, 0.4) is 0 Å². The normalized spacial score (nSPS) is 20.1. The van der Waals surface area contributed by atoms with Gasteiger partial charge in [0.05, 0.1) is 0 Å². The number of benzene rings is 1. The molecular formula is C19H29N3O2. The molecule has 5 heteroatoms. The molecule has 0 N–H and O–H groups in total. The minimum atomic E-state index is 0.0875. The van der Waals surface area contributed by atoms with Crippen LogP contribution in [0.25, 0.3) is 0 Å². The fourth-order valence-corrected chi connectivity index (χ4v) is 3.40. The van der Waals surface area contributed by atoms with Crippen molar-refractivity contribution in [3.05, 3.63) is 29.8 Å². The number of likely N-dealkylation sites (tertiary alicyclic amines) is 1. The summed E-state index contributed by atoms with van der Waals surface area (Å²) in [5.74, 6) is 0.886. The monoisotopic (exact) mass is 331 g/mol. The summed E-state index contributed by atoms with van der Waals surface area (Å²) >= 11 is 0. The van der Waals surface area contributed by atoms with Crippen molar-refractivity contribution in [2.24, 2.45) is 0 Å². The molecule has 0 atom stereocenters. The number of carbonyl (C=O) groups excluding carboxylic acids is 1. The zero-order valence-corrected chi connectivity index (χ0v) is 14.7. The van der Waals surface area contributed by atoms with Crippen LogP contribution in [0.1, 0.15) is 24.8 Å². The highest BCUT2D eigenvalue weighted by Gasteiger charge is 2.19. The van der Waals surface area contributed by atoms with Crippen LogP contribution in [-0.2, 0) is 11.3 Å². The number of nitrogens with zero attached hydrogens (tertiary/aromatic N) is 3. The van der Waals surface area contributed by atoms with Gasteiger partial charge in [-0.3, -0.25) is 9.69 Å². The molecule has 2 aliphatic rings. The van der Waals surface area contributed by atoms with E-state index in [1.165, 1.54) is 37.9 Å². The molecule has 1 aromatic carbocycles. The topological polar surface area (TPSA) is 36.0 Å². The van der Waals surface area contributed by atoms with E-state index >= 15 is 0 Å². The molecule has 1 amide bonds. The average Bonchev–Trinajstić information content (AvgIpc) is 2.61.